The van der Waals surface area contributed by atoms with Crippen molar-refractivity contribution >= 4 is 12.0 Å². The van der Waals surface area contributed by atoms with Gasteiger partial charge in [0.25, 0.3) is 0 Å². The van der Waals surface area contributed by atoms with Gasteiger partial charge in [0.1, 0.15) is 11.6 Å². The SMILES string of the molecule is CCOc1ccc(CC(=O)O)cc1-c1ccc(F)c2c1CN(C(=O)N(Cc1ccccc1)OC)CC2. The number of halogens is 1. The highest BCUT2D eigenvalue weighted by molar-refractivity contribution is 5.79. The third-order valence-corrected chi connectivity index (χ3v) is 6.22. The second-order valence-corrected chi connectivity index (χ2v) is 8.55. The van der Waals surface area contributed by atoms with Gasteiger partial charge >= 0.3 is 12.0 Å². The van der Waals surface area contributed by atoms with E-state index in [0.717, 1.165) is 5.56 Å². The summed E-state index contributed by atoms with van der Waals surface area (Å²) in [5.41, 5.74) is 4.15. The van der Waals surface area contributed by atoms with Crippen LogP contribution in [0.4, 0.5) is 9.18 Å². The molecular formula is C28H29FN2O5. The minimum Gasteiger partial charge on any atom is -0.493 e. The topological polar surface area (TPSA) is 79.3 Å². The molecule has 0 fully saturated rings. The Kier molecular flexibility index (Phi) is 7.85. The fourth-order valence-corrected chi connectivity index (χ4v) is 4.52. The third kappa shape index (κ3) is 5.49. The van der Waals surface area contributed by atoms with Crippen molar-refractivity contribution in [2.45, 2.75) is 32.9 Å². The molecule has 1 aliphatic heterocycles. The Labute approximate surface area is 209 Å². The molecule has 2 amide bonds. The second kappa shape index (κ2) is 11.2. The summed E-state index contributed by atoms with van der Waals surface area (Å²) < 4.78 is 20.7. The fraction of sp³-hybridized carbons (Fsp3) is 0.286. The number of ether oxygens (including phenoxy) is 1. The minimum absolute atomic E-state index is 0.143. The predicted octanol–water partition coefficient (Wildman–Crippen LogP) is 5.06. The molecule has 8 heteroatoms. The van der Waals surface area contributed by atoms with E-state index in [9.17, 15) is 19.1 Å². The van der Waals surface area contributed by atoms with Gasteiger partial charge in [-0.25, -0.2) is 9.18 Å². The van der Waals surface area contributed by atoms with Gasteiger partial charge in [-0.15, -0.1) is 0 Å². The van der Waals surface area contributed by atoms with Crippen LogP contribution in [0.5, 0.6) is 5.75 Å². The van der Waals surface area contributed by atoms with Crippen LogP contribution in [0.3, 0.4) is 0 Å². The first kappa shape index (κ1) is 25.2. The Balaban J connectivity index is 1.69. The van der Waals surface area contributed by atoms with E-state index >= 15 is 0 Å². The van der Waals surface area contributed by atoms with Gasteiger partial charge in [0.05, 0.1) is 26.7 Å². The molecule has 1 aliphatic rings. The van der Waals surface area contributed by atoms with Crippen LogP contribution < -0.4 is 4.74 Å². The van der Waals surface area contributed by atoms with Crippen LogP contribution in [0.1, 0.15) is 29.2 Å². The summed E-state index contributed by atoms with van der Waals surface area (Å²) in [5, 5.41) is 10.6. The molecule has 3 aromatic rings. The molecule has 3 aromatic carbocycles. The van der Waals surface area contributed by atoms with Crippen LogP contribution >= 0.6 is 0 Å². The monoisotopic (exact) mass is 492 g/mol. The van der Waals surface area contributed by atoms with E-state index in [0.29, 0.717) is 53.1 Å². The van der Waals surface area contributed by atoms with Gasteiger partial charge in [0.15, 0.2) is 0 Å². The number of nitrogens with zero attached hydrogens (tertiary/aromatic N) is 2. The Morgan fingerprint density at radius 1 is 1.03 bits per heavy atom. The molecule has 0 aliphatic carbocycles. The Morgan fingerprint density at radius 2 is 1.81 bits per heavy atom. The van der Waals surface area contributed by atoms with Crippen molar-refractivity contribution in [3.05, 3.63) is 88.7 Å². The number of carbonyl (C=O) groups is 2. The summed E-state index contributed by atoms with van der Waals surface area (Å²) in [6, 6.07) is 17.5. The number of urea groups is 1. The number of carbonyl (C=O) groups excluding carboxylic acids is 1. The predicted molar refractivity (Wildman–Crippen MR) is 133 cm³/mol. The smallest absolute Gasteiger partial charge is 0.344 e. The molecule has 0 atom stereocenters. The van der Waals surface area contributed by atoms with Gasteiger partial charge in [0, 0.05) is 18.7 Å². The second-order valence-electron chi connectivity index (χ2n) is 8.55. The molecule has 188 valence electrons. The van der Waals surface area contributed by atoms with Crippen LogP contribution in [-0.2, 0) is 35.6 Å². The first-order chi connectivity index (χ1) is 17.4. The number of carboxylic acid groups (broad SMARTS) is 1. The maximum Gasteiger partial charge on any atom is 0.344 e. The molecule has 36 heavy (non-hydrogen) atoms. The number of fused-ring (bicyclic) bond motifs is 1. The lowest BCUT2D eigenvalue weighted by Crippen LogP contribution is -2.44. The van der Waals surface area contributed by atoms with E-state index in [-0.39, 0.29) is 31.4 Å². The summed E-state index contributed by atoms with van der Waals surface area (Å²) in [5.74, 6) is -0.694. The zero-order valence-electron chi connectivity index (χ0n) is 20.4. The van der Waals surface area contributed by atoms with Crippen LogP contribution in [0, 0.1) is 5.82 Å². The molecule has 7 nitrogen and oxygen atoms in total. The lowest BCUT2D eigenvalue weighted by atomic mass is 9.89. The Bertz CT molecular complexity index is 1250. The normalized spacial score (nSPS) is 12.7. The van der Waals surface area contributed by atoms with Gasteiger partial charge in [0.2, 0.25) is 0 Å². The number of hydroxylamine groups is 2. The first-order valence-electron chi connectivity index (χ1n) is 11.8. The lowest BCUT2D eigenvalue weighted by Gasteiger charge is -2.34. The van der Waals surface area contributed by atoms with Crippen LogP contribution in [0.15, 0.2) is 60.7 Å². The number of hydrogen-bond donors (Lipinski definition) is 1. The van der Waals surface area contributed by atoms with Crippen LogP contribution in [0.2, 0.25) is 0 Å². The summed E-state index contributed by atoms with van der Waals surface area (Å²) in [4.78, 5) is 31.7. The number of rotatable bonds is 8. The molecule has 0 aromatic heterocycles. The van der Waals surface area contributed by atoms with Crippen molar-refractivity contribution in [3.63, 3.8) is 0 Å². The maximum atomic E-state index is 14.9. The largest absolute Gasteiger partial charge is 0.493 e. The molecule has 0 bridgehead atoms. The highest BCUT2D eigenvalue weighted by Gasteiger charge is 2.29. The van der Waals surface area contributed by atoms with E-state index in [2.05, 4.69) is 0 Å². The zero-order chi connectivity index (χ0) is 25.7. The lowest BCUT2D eigenvalue weighted by molar-refractivity contribution is -0.136. The molecule has 0 radical (unpaired) electrons. The number of aliphatic carboxylic acids is 1. The van der Waals surface area contributed by atoms with Gasteiger partial charge in [-0.3, -0.25) is 9.63 Å². The fourth-order valence-electron chi connectivity index (χ4n) is 4.52. The van der Waals surface area contributed by atoms with Crippen LogP contribution in [0.25, 0.3) is 11.1 Å². The van der Waals surface area contributed by atoms with Crippen molar-refractivity contribution < 1.29 is 28.7 Å². The Morgan fingerprint density at radius 3 is 2.50 bits per heavy atom. The number of benzene rings is 3. The third-order valence-electron chi connectivity index (χ3n) is 6.22. The molecule has 0 saturated carbocycles. The Hall–Kier alpha value is -3.91. The van der Waals surface area contributed by atoms with E-state index in [1.54, 1.807) is 29.2 Å². The molecule has 1 heterocycles. The van der Waals surface area contributed by atoms with Crippen LogP contribution in [-0.4, -0.2) is 47.3 Å². The van der Waals surface area contributed by atoms with Gasteiger partial charge in [-0.1, -0.05) is 42.5 Å². The summed E-state index contributed by atoms with van der Waals surface area (Å²) in [7, 11) is 1.45. The average molecular weight is 493 g/mol. The quantitative estimate of drug-likeness (QED) is 0.445. The van der Waals surface area contributed by atoms with E-state index < -0.39 is 5.97 Å². The highest BCUT2D eigenvalue weighted by atomic mass is 19.1. The van der Waals surface area contributed by atoms with Gasteiger partial charge in [-0.05, 0) is 59.4 Å². The average Bonchev–Trinajstić information content (AvgIpc) is 2.88. The minimum atomic E-state index is -0.943. The highest BCUT2D eigenvalue weighted by Crippen LogP contribution is 2.38. The summed E-state index contributed by atoms with van der Waals surface area (Å²) in [6.07, 6.45) is 0.206. The van der Waals surface area contributed by atoms with Crippen molar-refractivity contribution in [3.8, 4) is 16.9 Å². The van der Waals surface area contributed by atoms with Crippen molar-refractivity contribution in [1.29, 1.82) is 0 Å². The number of carboxylic acids is 1. The number of hydrogen-bond acceptors (Lipinski definition) is 4. The molecule has 0 saturated heterocycles. The molecule has 1 N–H and O–H groups in total. The zero-order valence-corrected chi connectivity index (χ0v) is 20.4. The standard InChI is InChI=1S/C28H29FN2O5/c1-3-36-26-12-9-20(16-27(32)33)15-23(26)21-10-11-25(29)22-13-14-30(18-24(21)22)28(34)31(35-2)17-19-7-5-4-6-8-19/h4-12,15H,3,13-14,16-18H2,1-2H3,(H,32,33). The van der Waals surface area contributed by atoms with E-state index in [1.807, 2.05) is 37.3 Å². The van der Waals surface area contributed by atoms with E-state index in [4.69, 9.17) is 9.57 Å². The van der Waals surface area contributed by atoms with Crippen molar-refractivity contribution in [2.75, 3.05) is 20.3 Å². The first-order valence-corrected chi connectivity index (χ1v) is 11.8. The van der Waals surface area contributed by atoms with Gasteiger partial charge in [-0.2, -0.15) is 5.06 Å². The molecule has 4 rings (SSSR count). The van der Waals surface area contributed by atoms with Crippen molar-refractivity contribution in [2.24, 2.45) is 0 Å². The molecule has 0 spiro atoms. The van der Waals surface area contributed by atoms with E-state index in [1.165, 1.54) is 18.2 Å². The van der Waals surface area contributed by atoms with Gasteiger partial charge < -0.3 is 14.7 Å². The van der Waals surface area contributed by atoms with Crippen molar-refractivity contribution in [1.82, 2.24) is 9.96 Å². The maximum absolute atomic E-state index is 14.9. The molecule has 0 unspecified atom stereocenters. The summed E-state index contributed by atoms with van der Waals surface area (Å²) in [6.45, 7) is 3.09. The molecular weight excluding hydrogens is 463 g/mol. The number of amides is 2. The summed E-state index contributed by atoms with van der Waals surface area (Å²) >= 11 is 0.